The first kappa shape index (κ1) is 21.7. The zero-order valence-corrected chi connectivity index (χ0v) is 17.1. The van der Waals surface area contributed by atoms with E-state index in [2.05, 4.69) is 25.0 Å². The molecule has 2 N–H and O–H groups in total. The van der Waals surface area contributed by atoms with Crippen molar-refractivity contribution >= 4 is 5.91 Å². The SMILES string of the molecule is COCCO.O=C(NC1CCCCC1)c1cc(-n2ccnc2)nc(-n2ccnc2)c1.[HH]. The maximum Gasteiger partial charge on any atom is 0.251 e. The zero-order valence-electron chi connectivity index (χ0n) is 17.1. The van der Waals surface area contributed by atoms with Crippen LogP contribution in [0.25, 0.3) is 11.6 Å². The van der Waals surface area contributed by atoms with E-state index in [1.807, 2.05) is 12.4 Å². The highest BCUT2D eigenvalue weighted by Crippen LogP contribution is 2.19. The van der Waals surface area contributed by atoms with Crippen molar-refractivity contribution in [2.24, 2.45) is 0 Å². The lowest BCUT2D eigenvalue weighted by molar-refractivity contribution is 0.0927. The molecule has 30 heavy (non-hydrogen) atoms. The quantitative estimate of drug-likeness (QED) is 0.641. The molecule has 1 aliphatic rings. The fourth-order valence-corrected chi connectivity index (χ4v) is 3.29. The minimum Gasteiger partial charge on any atom is -0.394 e. The Morgan fingerprint density at radius 2 is 1.73 bits per heavy atom. The number of aromatic nitrogens is 5. The van der Waals surface area contributed by atoms with Crippen molar-refractivity contribution < 1.29 is 16.1 Å². The van der Waals surface area contributed by atoms with Gasteiger partial charge in [-0.15, -0.1) is 0 Å². The topological polar surface area (TPSA) is 107 Å². The van der Waals surface area contributed by atoms with Crippen LogP contribution in [0.3, 0.4) is 0 Å². The first-order valence-electron chi connectivity index (χ1n) is 10.1. The molecule has 9 nitrogen and oxygen atoms in total. The van der Waals surface area contributed by atoms with Crippen molar-refractivity contribution in [1.29, 1.82) is 0 Å². The standard InChI is InChI=1S/C18H20N6O.C3H8O2.H2/c25-18(21-15-4-2-1-3-5-15)14-10-16(23-8-6-19-12-23)22-17(11-14)24-9-7-20-13-24;1-5-3-2-4;/h6-13,15H,1-5H2,(H,21,25);4H,2-3H2,1H3;1H. The summed E-state index contributed by atoms with van der Waals surface area (Å²) in [5, 5.41) is 11.1. The van der Waals surface area contributed by atoms with Crippen LogP contribution in [-0.2, 0) is 4.74 Å². The fourth-order valence-electron chi connectivity index (χ4n) is 3.29. The van der Waals surface area contributed by atoms with Gasteiger partial charge in [0.2, 0.25) is 0 Å². The molecule has 0 saturated heterocycles. The summed E-state index contributed by atoms with van der Waals surface area (Å²) in [7, 11) is 1.55. The summed E-state index contributed by atoms with van der Waals surface area (Å²) >= 11 is 0. The normalized spacial score (nSPS) is 14.1. The van der Waals surface area contributed by atoms with Gasteiger partial charge in [-0.25, -0.2) is 15.0 Å². The Kier molecular flexibility index (Phi) is 8.10. The summed E-state index contributed by atoms with van der Waals surface area (Å²) in [5.41, 5.74) is 0.591. The summed E-state index contributed by atoms with van der Waals surface area (Å²) in [5.74, 6) is 1.24. The summed E-state index contributed by atoms with van der Waals surface area (Å²) in [4.78, 5) is 25.5. The van der Waals surface area contributed by atoms with Gasteiger partial charge in [0, 0.05) is 44.9 Å². The molecule has 0 radical (unpaired) electrons. The number of methoxy groups -OCH3 is 1. The van der Waals surface area contributed by atoms with Crippen LogP contribution in [0.4, 0.5) is 0 Å². The first-order chi connectivity index (χ1) is 14.7. The average Bonchev–Trinajstić information content (AvgIpc) is 3.50. The molecule has 1 aliphatic carbocycles. The maximum absolute atomic E-state index is 12.8. The van der Waals surface area contributed by atoms with Crippen LogP contribution in [0.1, 0.15) is 43.9 Å². The number of nitrogens with one attached hydrogen (secondary N) is 1. The second-order valence-corrected chi connectivity index (χ2v) is 7.04. The van der Waals surface area contributed by atoms with E-state index in [9.17, 15) is 4.79 Å². The molecule has 4 rings (SSSR count). The molecule has 1 fully saturated rings. The number of aliphatic hydroxyl groups excluding tert-OH is 1. The molecule has 3 heterocycles. The van der Waals surface area contributed by atoms with Gasteiger partial charge in [0.1, 0.15) is 24.3 Å². The predicted molar refractivity (Wildman–Crippen MR) is 114 cm³/mol. The van der Waals surface area contributed by atoms with Gasteiger partial charge >= 0.3 is 0 Å². The van der Waals surface area contributed by atoms with Gasteiger partial charge in [-0.05, 0) is 25.0 Å². The molecule has 9 heteroatoms. The minimum atomic E-state index is -0.0583. The van der Waals surface area contributed by atoms with E-state index < -0.39 is 0 Å². The molecule has 0 bridgehead atoms. The average molecular weight is 415 g/mol. The number of carbonyl (C=O) groups excluding carboxylic acids is 1. The maximum atomic E-state index is 12.8. The number of carbonyl (C=O) groups is 1. The van der Waals surface area contributed by atoms with Crippen molar-refractivity contribution in [2.45, 2.75) is 38.1 Å². The Morgan fingerprint density at radius 1 is 1.13 bits per heavy atom. The molecule has 1 saturated carbocycles. The van der Waals surface area contributed by atoms with Gasteiger partial charge < -0.3 is 15.2 Å². The fraction of sp³-hybridized carbons (Fsp3) is 0.429. The number of hydrogen-bond acceptors (Lipinski definition) is 6. The second-order valence-electron chi connectivity index (χ2n) is 7.04. The van der Waals surface area contributed by atoms with Crippen molar-refractivity contribution in [2.75, 3.05) is 20.3 Å². The van der Waals surface area contributed by atoms with Crippen molar-refractivity contribution in [3.05, 3.63) is 55.1 Å². The third-order valence-electron chi connectivity index (χ3n) is 4.83. The van der Waals surface area contributed by atoms with E-state index in [4.69, 9.17) is 5.11 Å². The van der Waals surface area contributed by atoms with Gasteiger partial charge in [-0.1, -0.05) is 19.3 Å². The molecule has 1 amide bonds. The number of nitrogens with zero attached hydrogens (tertiary/aromatic N) is 5. The van der Waals surface area contributed by atoms with E-state index in [0.717, 1.165) is 12.8 Å². The molecule has 0 aromatic carbocycles. The van der Waals surface area contributed by atoms with Gasteiger partial charge in [-0.2, -0.15) is 0 Å². The lowest BCUT2D eigenvalue weighted by Crippen LogP contribution is -2.36. The molecule has 0 unspecified atom stereocenters. The Balaban J connectivity index is 0.000000514. The Morgan fingerprint density at radius 3 is 2.17 bits per heavy atom. The van der Waals surface area contributed by atoms with E-state index >= 15 is 0 Å². The van der Waals surface area contributed by atoms with Gasteiger partial charge in [0.05, 0.1) is 13.2 Å². The predicted octanol–water partition coefficient (Wildman–Crippen LogP) is 2.39. The minimum absolute atomic E-state index is 0. The molecule has 3 aromatic rings. The molecule has 0 atom stereocenters. The largest absolute Gasteiger partial charge is 0.394 e. The van der Waals surface area contributed by atoms with Crippen molar-refractivity contribution in [3.8, 4) is 11.6 Å². The number of rotatable bonds is 6. The third-order valence-corrected chi connectivity index (χ3v) is 4.83. The number of amides is 1. The van der Waals surface area contributed by atoms with Crippen molar-refractivity contribution in [3.63, 3.8) is 0 Å². The van der Waals surface area contributed by atoms with E-state index in [-0.39, 0.29) is 20.0 Å². The molecule has 3 aromatic heterocycles. The van der Waals surface area contributed by atoms with E-state index in [1.54, 1.807) is 53.4 Å². The number of hydrogen-bond donors (Lipinski definition) is 2. The van der Waals surface area contributed by atoms with Crippen LogP contribution < -0.4 is 5.32 Å². The molecule has 0 spiro atoms. The summed E-state index contributed by atoms with van der Waals surface area (Å²) in [6.07, 6.45) is 16.1. The number of ether oxygens (including phenoxy) is 1. The summed E-state index contributed by atoms with van der Waals surface area (Å²) in [6.45, 7) is 0.566. The monoisotopic (exact) mass is 414 g/mol. The van der Waals surface area contributed by atoms with Crippen LogP contribution in [0.5, 0.6) is 0 Å². The number of pyridine rings is 1. The molecular weight excluding hydrogens is 384 g/mol. The summed E-state index contributed by atoms with van der Waals surface area (Å²) in [6, 6.07) is 3.85. The van der Waals surface area contributed by atoms with Crippen LogP contribution in [0.15, 0.2) is 49.6 Å². The van der Waals surface area contributed by atoms with E-state index in [1.165, 1.54) is 19.3 Å². The van der Waals surface area contributed by atoms with Gasteiger partial charge in [-0.3, -0.25) is 13.9 Å². The third kappa shape index (κ3) is 5.98. The van der Waals surface area contributed by atoms with E-state index in [0.29, 0.717) is 23.8 Å². The van der Waals surface area contributed by atoms with Crippen molar-refractivity contribution in [1.82, 2.24) is 29.4 Å². The number of imidazole rings is 2. The second kappa shape index (κ2) is 11.2. The van der Waals surface area contributed by atoms with Gasteiger partial charge in [0.15, 0.2) is 0 Å². The van der Waals surface area contributed by atoms with Crippen LogP contribution in [0.2, 0.25) is 0 Å². The molecular formula is C21H30N6O3. The number of aliphatic hydroxyl groups is 1. The first-order valence-corrected chi connectivity index (χ1v) is 10.1. The Hall–Kier alpha value is -3.04. The van der Waals surface area contributed by atoms with Crippen LogP contribution in [-0.4, -0.2) is 61.5 Å². The lowest BCUT2D eigenvalue weighted by atomic mass is 9.95. The van der Waals surface area contributed by atoms with Crippen LogP contribution >= 0.6 is 0 Å². The Bertz CT molecular complexity index is 841. The summed E-state index contributed by atoms with van der Waals surface area (Å²) < 4.78 is 8.02. The molecule has 0 aliphatic heterocycles. The lowest BCUT2D eigenvalue weighted by Gasteiger charge is -2.23. The smallest absolute Gasteiger partial charge is 0.251 e. The Labute approximate surface area is 177 Å². The highest BCUT2D eigenvalue weighted by Gasteiger charge is 2.18. The van der Waals surface area contributed by atoms with Crippen LogP contribution in [0, 0.1) is 0 Å². The highest BCUT2D eigenvalue weighted by molar-refractivity contribution is 5.95. The van der Waals surface area contributed by atoms with Gasteiger partial charge in [0.25, 0.3) is 5.91 Å². The molecule has 162 valence electrons. The zero-order chi connectivity index (χ0) is 21.2. The highest BCUT2D eigenvalue weighted by atomic mass is 16.5.